The zero-order chi connectivity index (χ0) is 21.2. The minimum Gasteiger partial charge on any atom is -0.312 e. The van der Waals surface area contributed by atoms with Gasteiger partial charge in [0.15, 0.2) is 0 Å². The molecule has 0 fully saturated rings. The first kappa shape index (κ1) is 20.5. The van der Waals surface area contributed by atoms with Gasteiger partial charge in [-0.15, -0.1) is 0 Å². The Kier molecular flexibility index (Phi) is 5.41. The zero-order valence-corrected chi connectivity index (χ0v) is 15.3. The Morgan fingerprint density at radius 2 is 1.72 bits per heavy atom. The van der Waals surface area contributed by atoms with Gasteiger partial charge in [0.25, 0.3) is 11.8 Å². The van der Waals surface area contributed by atoms with E-state index in [1.807, 2.05) is 0 Å². The fourth-order valence-electron chi connectivity index (χ4n) is 3.06. The van der Waals surface area contributed by atoms with E-state index in [1.165, 1.54) is 19.1 Å². The normalized spacial score (nSPS) is 19.3. The average molecular weight is 407 g/mol. The van der Waals surface area contributed by atoms with Gasteiger partial charge in [0.05, 0.1) is 5.56 Å². The molecule has 2 amide bonds. The number of halogens is 4. The highest BCUT2D eigenvalue weighted by Crippen LogP contribution is 2.37. The maximum atomic E-state index is 13.9. The zero-order valence-electron chi connectivity index (χ0n) is 15.3. The Labute approximate surface area is 164 Å². The molecular weight excluding hydrogens is 390 g/mol. The molecule has 29 heavy (non-hydrogen) atoms. The van der Waals surface area contributed by atoms with Gasteiger partial charge < -0.3 is 5.32 Å². The van der Waals surface area contributed by atoms with E-state index < -0.39 is 35.0 Å². The number of carbonyl (C=O) groups is 2. The van der Waals surface area contributed by atoms with Crippen LogP contribution in [0.2, 0.25) is 0 Å². The Balaban J connectivity index is 1.87. The highest BCUT2D eigenvalue weighted by molar-refractivity contribution is 6.10. The molecule has 1 N–H and O–H groups in total. The third kappa shape index (κ3) is 3.85. The van der Waals surface area contributed by atoms with Gasteiger partial charge in [0.1, 0.15) is 11.7 Å². The quantitative estimate of drug-likeness (QED) is 0.773. The van der Waals surface area contributed by atoms with Crippen LogP contribution in [0.15, 0.2) is 59.6 Å². The molecule has 0 aliphatic carbocycles. The van der Waals surface area contributed by atoms with Gasteiger partial charge in [-0.2, -0.15) is 13.2 Å². The lowest BCUT2D eigenvalue weighted by Crippen LogP contribution is -2.63. The topological polar surface area (TPSA) is 61.8 Å². The van der Waals surface area contributed by atoms with Crippen molar-refractivity contribution in [2.24, 2.45) is 4.99 Å². The van der Waals surface area contributed by atoms with Crippen molar-refractivity contribution in [3.05, 3.63) is 71.5 Å². The molecule has 2 aromatic rings. The summed E-state index contributed by atoms with van der Waals surface area (Å²) in [6, 6.07) is 13.5. The first-order valence-electron chi connectivity index (χ1n) is 8.72. The van der Waals surface area contributed by atoms with E-state index >= 15 is 0 Å². The predicted molar refractivity (Wildman–Crippen MR) is 97.6 cm³/mol. The van der Waals surface area contributed by atoms with Crippen LogP contribution in [0.1, 0.15) is 22.8 Å². The molecule has 1 heterocycles. The molecule has 1 aliphatic heterocycles. The summed E-state index contributed by atoms with van der Waals surface area (Å²) in [6.07, 6.45) is -4.91. The lowest BCUT2D eigenvalue weighted by atomic mass is 10.1. The number of amides is 2. The molecule has 1 atom stereocenters. The Morgan fingerprint density at radius 3 is 2.34 bits per heavy atom. The highest BCUT2D eigenvalue weighted by Gasteiger charge is 2.66. The van der Waals surface area contributed by atoms with Crippen molar-refractivity contribution in [3.63, 3.8) is 0 Å². The second kappa shape index (κ2) is 7.65. The smallest absolute Gasteiger partial charge is 0.312 e. The van der Waals surface area contributed by atoms with Crippen molar-refractivity contribution in [1.82, 2.24) is 10.2 Å². The van der Waals surface area contributed by atoms with E-state index in [9.17, 15) is 27.2 Å². The number of alkyl halides is 3. The van der Waals surface area contributed by atoms with Gasteiger partial charge in [0.2, 0.25) is 0 Å². The van der Waals surface area contributed by atoms with Crippen LogP contribution in [-0.4, -0.2) is 40.9 Å². The van der Waals surface area contributed by atoms with Crippen LogP contribution >= 0.6 is 0 Å². The Hall–Kier alpha value is -3.23. The van der Waals surface area contributed by atoms with Crippen molar-refractivity contribution in [2.75, 3.05) is 6.54 Å². The largest absolute Gasteiger partial charge is 0.442 e. The van der Waals surface area contributed by atoms with Gasteiger partial charge in [-0.1, -0.05) is 42.5 Å². The van der Waals surface area contributed by atoms with Crippen molar-refractivity contribution < 1.29 is 27.2 Å². The SMILES string of the molecule is CC1=NC(NC(=O)c2ccccc2F)(C(F)(F)F)C(=O)N1CCc1ccccc1. The van der Waals surface area contributed by atoms with E-state index in [0.717, 1.165) is 22.6 Å². The predicted octanol–water partition coefficient (Wildman–Crippen LogP) is 3.32. The summed E-state index contributed by atoms with van der Waals surface area (Å²) in [5.41, 5.74) is -3.28. The molecule has 1 unspecified atom stereocenters. The van der Waals surface area contributed by atoms with Crippen LogP contribution in [0.5, 0.6) is 0 Å². The van der Waals surface area contributed by atoms with Crippen molar-refractivity contribution in [1.29, 1.82) is 0 Å². The van der Waals surface area contributed by atoms with Gasteiger partial charge in [-0.25, -0.2) is 9.38 Å². The summed E-state index contributed by atoms with van der Waals surface area (Å²) in [4.78, 5) is 29.4. The van der Waals surface area contributed by atoms with Crippen molar-refractivity contribution in [2.45, 2.75) is 25.2 Å². The van der Waals surface area contributed by atoms with Gasteiger partial charge in [-0.05, 0) is 31.0 Å². The van der Waals surface area contributed by atoms with Crippen LogP contribution in [0.4, 0.5) is 17.6 Å². The summed E-state index contributed by atoms with van der Waals surface area (Å²) in [6.45, 7) is 1.21. The number of hydrogen-bond donors (Lipinski definition) is 1. The summed E-state index contributed by atoms with van der Waals surface area (Å²) in [7, 11) is 0. The van der Waals surface area contributed by atoms with Gasteiger partial charge in [-0.3, -0.25) is 14.5 Å². The third-order valence-corrected chi connectivity index (χ3v) is 4.56. The molecule has 3 rings (SSSR count). The molecule has 0 saturated carbocycles. The fourth-order valence-corrected chi connectivity index (χ4v) is 3.06. The van der Waals surface area contributed by atoms with E-state index in [4.69, 9.17) is 0 Å². The summed E-state index contributed by atoms with van der Waals surface area (Å²) in [5.74, 6) is -4.00. The number of hydrogen-bond acceptors (Lipinski definition) is 3. The van der Waals surface area contributed by atoms with Crippen LogP contribution in [-0.2, 0) is 11.2 Å². The molecule has 0 bridgehead atoms. The van der Waals surface area contributed by atoms with Crippen molar-refractivity contribution in [3.8, 4) is 0 Å². The maximum absolute atomic E-state index is 13.9. The lowest BCUT2D eigenvalue weighted by molar-refractivity contribution is -0.196. The molecule has 0 saturated heterocycles. The molecule has 9 heteroatoms. The second-order valence-electron chi connectivity index (χ2n) is 6.49. The molecule has 2 aromatic carbocycles. The molecule has 0 spiro atoms. The Bertz CT molecular complexity index is 960. The molecular formula is C20H17F4N3O2. The number of aliphatic imine (C=N–C) groups is 1. The summed E-state index contributed by atoms with van der Waals surface area (Å²) >= 11 is 0. The van der Waals surface area contributed by atoms with E-state index in [2.05, 4.69) is 4.99 Å². The van der Waals surface area contributed by atoms with Gasteiger partial charge in [0, 0.05) is 6.54 Å². The lowest BCUT2D eigenvalue weighted by Gasteiger charge is -2.29. The minimum absolute atomic E-state index is 0.0500. The van der Waals surface area contributed by atoms with E-state index in [0.29, 0.717) is 6.42 Å². The first-order chi connectivity index (χ1) is 13.7. The number of rotatable bonds is 5. The minimum atomic E-state index is -5.21. The van der Waals surface area contributed by atoms with Gasteiger partial charge >= 0.3 is 11.8 Å². The standard InChI is InChI=1S/C20H17F4N3O2/c1-13-25-19(20(22,23)24,26-17(28)15-9-5-6-10-16(15)21)18(29)27(13)12-11-14-7-3-2-4-8-14/h2-10H,11-12H2,1H3,(H,26,28). The average Bonchev–Trinajstić information content (AvgIpc) is 2.91. The van der Waals surface area contributed by atoms with E-state index in [-0.39, 0.29) is 12.4 Å². The Morgan fingerprint density at radius 1 is 1.10 bits per heavy atom. The molecule has 1 aliphatic rings. The monoisotopic (exact) mass is 407 g/mol. The molecule has 0 aromatic heterocycles. The van der Waals surface area contributed by atoms with Crippen LogP contribution in [0.25, 0.3) is 0 Å². The maximum Gasteiger partial charge on any atom is 0.442 e. The summed E-state index contributed by atoms with van der Waals surface area (Å²) in [5, 5.41) is 1.62. The number of nitrogens with zero attached hydrogens (tertiary/aromatic N) is 2. The number of benzene rings is 2. The second-order valence-corrected chi connectivity index (χ2v) is 6.49. The number of amidine groups is 1. The molecule has 152 valence electrons. The van der Waals surface area contributed by atoms with Crippen LogP contribution in [0, 0.1) is 5.82 Å². The summed E-state index contributed by atoms with van der Waals surface area (Å²) < 4.78 is 55.5. The van der Waals surface area contributed by atoms with E-state index in [1.54, 1.807) is 35.6 Å². The molecule has 0 radical (unpaired) electrons. The van der Waals surface area contributed by atoms with Crippen LogP contribution in [0.3, 0.4) is 0 Å². The highest BCUT2D eigenvalue weighted by atomic mass is 19.4. The van der Waals surface area contributed by atoms with Crippen LogP contribution < -0.4 is 5.32 Å². The third-order valence-electron chi connectivity index (χ3n) is 4.56. The van der Waals surface area contributed by atoms with Crippen molar-refractivity contribution >= 4 is 17.6 Å². The first-order valence-corrected chi connectivity index (χ1v) is 8.72. The molecule has 5 nitrogen and oxygen atoms in total. The number of nitrogens with one attached hydrogen (secondary N) is 1. The fraction of sp³-hybridized carbons (Fsp3) is 0.250. The number of carbonyl (C=O) groups excluding carboxylic acids is 2.